The van der Waals surface area contributed by atoms with E-state index in [-0.39, 0.29) is 46.8 Å². The van der Waals surface area contributed by atoms with E-state index in [1.165, 1.54) is 11.2 Å². The minimum Gasteiger partial charge on any atom is -0.371 e. The lowest BCUT2D eigenvalue weighted by Gasteiger charge is -2.39. The molecule has 2 aliphatic rings. The van der Waals surface area contributed by atoms with Crippen LogP contribution in [-0.4, -0.2) is 78.3 Å². The van der Waals surface area contributed by atoms with Gasteiger partial charge in [0.15, 0.2) is 9.34 Å². The Bertz CT molecular complexity index is 1110. The summed E-state index contributed by atoms with van der Waals surface area (Å²) in [7, 11) is -3.88. The molecule has 0 bridgehead atoms. The van der Waals surface area contributed by atoms with Gasteiger partial charge >= 0.3 is 0 Å². The molecular formula is C20H27N7O4S2. The first-order valence-corrected chi connectivity index (χ1v) is 13.0. The smallest absolute Gasteiger partial charge is 0.255 e. The van der Waals surface area contributed by atoms with Crippen LogP contribution in [0, 0.1) is 6.92 Å². The van der Waals surface area contributed by atoms with Crippen molar-refractivity contribution >= 4 is 44.0 Å². The number of carbonyl (C=O) groups is 2. The molecule has 2 saturated heterocycles. The number of aryl methyl sites for hydroxylation is 1. The van der Waals surface area contributed by atoms with E-state index in [1.807, 2.05) is 12.1 Å². The Morgan fingerprint density at radius 1 is 1.15 bits per heavy atom. The number of nitrogens with one attached hydrogen (secondary N) is 2. The molecule has 2 N–H and O–H groups in total. The summed E-state index contributed by atoms with van der Waals surface area (Å²) in [5, 5.41) is 4.28. The number of rotatable bonds is 6. The molecule has 2 aliphatic heterocycles. The van der Waals surface area contributed by atoms with Crippen molar-refractivity contribution in [2.75, 3.05) is 42.9 Å². The summed E-state index contributed by atoms with van der Waals surface area (Å²) in [5.41, 5.74) is 4.74. The fourth-order valence-corrected chi connectivity index (χ4v) is 6.95. The summed E-state index contributed by atoms with van der Waals surface area (Å²) in [4.78, 5) is 34.5. The number of hydrazine groups is 1. The van der Waals surface area contributed by atoms with Gasteiger partial charge in [-0.1, -0.05) is 11.3 Å². The van der Waals surface area contributed by atoms with Gasteiger partial charge in [0.1, 0.15) is 0 Å². The first-order valence-electron chi connectivity index (χ1n) is 10.7. The van der Waals surface area contributed by atoms with Gasteiger partial charge in [0.2, 0.25) is 5.91 Å². The van der Waals surface area contributed by atoms with Gasteiger partial charge in [-0.3, -0.25) is 19.6 Å². The quantitative estimate of drug-likeness (QED) is 0.605. The number of hydrogen-bond donors (Lipinski definition) is 2. The predicted molar refractivity (Wildman–Crippen MR) is 124 cm³/mol. The van der Waals surface area contributed by atoms with Gasteiger partial charge in [-0.2, -0.15) is 4.31 Å². The molecule has 0 spiro atoms. The molecule has 0 aromatic carbocycles. The second-order valence-corrected chi connectivity index (χ2v) is 11.2. The molecule has 0 aliphatic carbocycles. The molecule has 2 aromatic rings. The third-order valence-electron chi connectivity index (χ3n) is 5.66. The van der Waals surface area contributed by atoms with Gasteiger partial charge in [0.25, 0.3) is 15.9 Å². The Morgan fingerprint density at radius 3 is 2.48 bits per heavy atom. The second kappa shape index (κ2) is 9.71. The number of piperidine rings is 1. The average Bonchev–Trinajstić information content (AvgIpc) is 3.16. The maximum atomic E-state index is 13.1. The molecule has 0 atom stereocenters. The molecule has 0 saturated carbocycles. The van der Waals surface area contributed by atoms with Crippen molar-refractivity contribution in [1.29, 1.82) is 0 Å². The molecule has 178 valence electrons. The molecule has 2 fully saturated rings. The number of sulfonamides is 1. The topological polar surface area (TPSA) is 128 Å². The molecule has 13 heteroatoms. The van der Waals surface area contributed by atoms with E-state index in [1.54, 1.807) is 24.3 Å². The van der Waals surface area contributed by atoms with Crippen molar-refractivity contribution in [2.24, 2.45) is 0 Å². The Morgan fingerprint density at radius 2 is 1.85 bits per heavy atom. The van der Waals surface area contributed by atoms with E-state index < -0.39 is 10.0 Å². The van der Waals surface area contributed by atoms with Crippen LogP contribution < -0.4 is 15.6 Å². The number of carbonyl (C=O) groups excluding carboxylic acids is 2. The van der Waals surface area contributed by atoms with Crippen molar-refractivity contribution in [3.63, 3.8) is 0 Å². The number of nitrogens with zero attached hydrogens (tertiary/aromatic N) is 5. The number of hydrogen-bond acceptors (Lipinski definition) is 9. The van der Waals surface area contributed by atoms with Crippen LogP contribution in [0.4, 0.5) is 10.8 Å². The predicted octanol–water partition coefficient (Wildman–Crippen LogP) is 0.811. The number of aromatic nitrogens is 2. The van der Waals surface area contributed by atoms with Crippen molar-refractivity contribution in [3.05, 3.63) is 30.2 Å². The number of thiazole rings is 1. The maximum absolute atomic E-state index is 13.1. The summed E-state index contributed by atoms with van der Waals surface area (Å²) in [6, 6.07) is 4.13. The zero-order valence-corrected chi connectivity index (χ0v) is 20.2. The number of piperazine rings is 1. The van der Waals surface area contributed by atoms with Crippen LogP contribution in [0.25, 0.3) is 0 Å². The van der Waals surface area contributed by atoms with Gasteiger partial charge < -0.3 is 10.2 Å². The van der Waals surface area contributed by atoms with E-state index in [2.05, 4.69) is 25.6 Å². The second-order valence-electron chi connectivity index (χ2n) is 8.05. The fourth-order valence-electron chi connectivity index (χ4n) is 3.98. The highest BCUT2D eigenvalue weighted by Gasteiger charge is 2.36. The lowest BCUT2D eigenvalue weighted by atomic mass is 10.1. The Labute approximate surface area is 196 Å². The molecule has 0 radical (unpaired) electrons. The Kier molecular flexibility index (Phi) is 6.93. The maximum Gasteiger partial charge on any atom is 0.255 e. The van der Waals surface area contributed by atoms with Crippen molar-refractivity contribution in [3.8, 4) is 0 Å². The highest BCUT2D eigenvalue weighted by molar-refractivity contribution is 7.91. The monoisotopic (exact) mass is 493 g/mol. The van der Waals surface area contributed by atoms with Crippen LogP contribution in [-0.2, 0) is 19.6 Å². The summed E-state index contributed by atoms with van der Waals surface area (Å²) in [6.07, 6.45) is 5.31. The fraction of sp³-hybridized carbons (Fsp3) is 0.500. The van der Waals surface area contributed by atoms with Gasteiger partial charge in [0, 0.05) is 50.7 Å². The normalized spacial score (nSPS) is 18.5. The molecule has 11 nitrogen and oxygen atoms in total. The van der Waals surface area contributed by atoms with Gasteiger partial charge in [-0.05, 0) is 31.9 Å². The lowest BCUT2D eigenvalue weighted by Crippen LogP contribution is -2.60. The molecule has 2 amide bonds. The molecule has 0 unspecified atom stereocenters. The molecule has 2 aromatic heterocycles. The average molecular weight is 494 g/mol. The zero-order chi connectivity index (χ0) is 23.6. The Balaban J connectivity index is 1.33. The van der Waals surface area contributed by atoms with Gasteiger partial charge in [-0.15, -0.1) is 0 Å². The van der Waals surface area contributed by atoms with E-state index in [4.69, 9.17) is 0 Å². The van der Waals surface area contributed by atoms with Gasteiger partial charge in [-0.25, -0.2) is 18.8 Å². The van der Waals surface area contributed by atoms with E-state index in [0.29, 0.717) is 5.69 Å². The van der Waals surface area contributed by atoms with Crippen LogP contribution in [0.1, 0.15) is 25.5 Å². The Hall–Kier alpha value is -2.61. The van der Waals surface area contributed by atoms with E-state index >= 15 is 0 Å². The SMILES string of the molecule is CC(=O)Nc1nc(C)c(S(=O)(=O)N2CCN(NC3CCN(c4ccncc4)CC3)C(=O)C2)s1. The van der Waals surface area contributed by atoms with Crippen molar-refractivity contribution in [1.82, 2.24) is 24.7 Å². The lowest BCUT2D eigenvalue weighted by molar-refractivity contribution is -0.138. The summed E-state index contributed by atoms with van der Waals surface area (Å²) in [5.74, 6) is -0.611. The van der Waals surface area contributed by atoms with Crippen LogP contribution in [0.15, 0.2) is 28.7 Å². The van der Waals surface area contributed by atoms with E-state index in [9.17, 15) is 18.0 Å². The zero-order valence-electron chi connectivity index (χ0n) is 18.5. The highest BCUT2D eigenvalue weighted by Crippen LogP contribution is 2.30. The number of pyridine rings is 1. The third kappa shape index (κ3) is 5.32. The van der Waals surface area contributed by atoms with Crippen LogP contribution in [0.3, 0.4) is 0 Å². The molecular weight excluding hydrogens is 466 g/mol. The van der Waals surface area contributed by atoms with Crippen molar-refractivity contribution < 1.29 is 18.0 Å². The van der Waals surface area contributed by atoms with Gasteiger partial charge in [0.05, 0.1) is 18.8 Å². The van der Waals surface area contributed by atoms with E-state index in [0.717, 1.165) is 43.0 Å². The molecule has 4 rings (SSSR count). The van der Waals surface area contributed by atoms with Crippen LogP contribution in [0.2, 0.25) is 0 Å². The molecule has 33 heavy (non-hydrogen) atoms. The summed E-state index contributed by atoms with van der Waals surface area (Å²) >= 11 is 0.895. The van der Waals surface area contributed by atoms with Crippen LogP contribution in [0.5, 0.6) is 0 Å². The van der Waals surface area contributed by atoms with Crippen LogP contribution >= 0.6 is 11.3 Å². The molecule has 4 heterocycles. The largest absolute Gasteiger partial charge is 0.371 e. The minimum atomic E-state index is -3.88. The summed E-state index contributed by atoms with van der Waals surface area (Å²) in [6.45, 7) is 4.85. The first kappa shape index (κ1) is 23.5. The minimum absolute atomic E-state index is 0.0453. The van der Waals surface area contributed by atoms with Crippen molar-refractivity contribution in [2.45, 2.75) is 36.9 Å². The standard InChI is InChI=1S/C20H27N7O4S2/c1-14-19(32-20(22-14)23-15(2)28)33(30,31)26-11-12-27(18(29)13-26)24-16-5-9-25(10-6-16)17-3-7-21-8-4-17/h3-4,7-8,16,24H,5-6,9-13H2,1-2H3,(H,22,23,28). The first-order chi connectivity index (χ1) is 15.7. The number of anilines is 2. The number of amides is 2. The third-order valence-corrected chi connectivity index (χ3v) is 9.16. The summed E-state index contributed by atoms with van der Waals surface area (Å²) < 4.78 is 27.4. The highest BCUT2D eigenvalue weighted by atomic mass is 32.2.